The van der Waals surface area contributed by atoms with Crippen LogP contribution in [-0.4, -0.2) is 30.0 Å². The fraction of sp³-hybridized carbons (Fsp3) is 0.211. The Hall–Kier alpha value is -2.80. The molecule has 1 amide bonds. The van der Waals surface area contributed by atoms with E-state index in [1.807, 2.05) is 31.2 Å². The normalized spacial score (nSPS) is 10.7. The van der Waals surface area contributed by atoms with E-state index in [-0.39, 0.29) is 18.9 Å². The van der Waals surface area contributed by atoms with E-state index in [9.17, 15) is 14.0 Å². The zero-order valence-electron chi connectivity index (χ0n) is 14.1. The summed E-state index contributed by atoms with van der Waals surface area (Å²) in [5, 5.41) is 0.569. The van der Waals surface area contributed by atoms with Gasteiger partial charge in [0.1, 0.15) is 5.82 Å². The molecular formula is C19H17FN2O3S. The van der Waals surface area contributed by atoms with Gasteiger partial charge in [0, 0.05) is 6.54 Å². The first kappa shape index (κ1) is 18.0. The van der Waals surface area contributed by atoms with Crippen molar-refractivity contribution in [1.82, 2.24) is 4.98 Å². The van der Waals surface area contributed by atoms with E-state index in [4.69, 9.17) is 4.74 Å². The molecule has 0 aliphatic rings. The second kappa shape index (κ2) is 8.05. The first-order chi connectivity index (χ1) is 12.6. The number of anilines is 1. The first-order valence-electron chi connectivity index (χ1n) is 8.13. The second-order valence-corrected chi connectivity index (χ2v) is 6.58. The number of fused-ring (bicyclic) bond motifs is 1. The van der Waals surface area contributed by atoms with Crippen molar-refractivity contribution in [2.75, 3.05) is 18.1 Å². The first-order valence-corrected chi connectivity index (χ1v) is 8.94. The van der Waals surface area contributed by atoms with Crippen LogP contribution < -0.4 is 4.90 Å². The minimum absolute atomic E-state index is 0.0850. The molecule has 3 aromatic rings. The van der Waals surface area contributed by atoms with Crippen LogP contribution in [0.2, 0.25) is 0 Å². The number of carbonyl (C=O) groups excluding carboxylic acids is 2. The van der Waals surface area contributed by atoms with Crippen LogP contribution in [0.25, 0.3) is 10.2 Å². The van der Waals surface area contributed by atoms with Gasteiger partial charge in [0.2, 0.25) is 0 Å². The molecule has 0 fully saturated rings. The van der Waals surface area contributed by atoms with Gasteiger partial charge >= 0.3 is 5.97 Å². The molecule has 0 atom stereocenters. The number of ether oxygens (including phenoxy) is 1. The molecule has 2 aromatic carbocycles. The highest BCUT2D eigenvalue weighted by Crippen LogP contribution is 2.28. The van der Waals surface area contributed by atoms with E-state index in [0.29, 0.717) is 17.2 Å². The van der Waals surface area contributed by atoms with Crippen molar-refractivity contribution in [3.05, 3.63) is 59.9 Å². The lowest BCUT2D eigenvalue weighted by molar-refractivity contribution is -0.147. The molecule has 7 heteroatoms. The molecule has 0 aliphatic heterocycles. The molecule has 0 aliphatic carbocycles. The minimum atomic E-state index is -0.579. The molecule has 3 rings (SSSR count). The van der Waals surface area contributed by atoms with Crippen LogP contribution in [0, 0.1) is 5.82 Å². The summed E-state index contributed by atoms with van der Waals surface area (Å²) in [6.07, 6.45) is -0.0850. The van der Waals surface area contributed by atoms with Gasteiger partial charge < -0.3 is 4.74 Å². The monoisotopic (exact) mass is 372 g/mol. The third kappa shape index (κ3) is 4.23. The van der Waals surface area contributed by atoms with Crippen molar-refractivity contribution < 1.29 is 18.7 Å². The van der Waals surface area contributed by atoms with E-state index in [2.05, 4.69) is 4.98 Å². The molecule has 0 radical (unpaired) electrons. The zero-order valence-corrected chi connectivity index (χ0v) is 15.0. The number of benzene rings is 2. The van der Waals surface area contributed by atoms with Crippen LogP contribution in [0.4, 0.5) is 9.52 Å². The predicted octanol–water partition coefficient (Wildman–Crippen LogP) is 3.57. The Bertz CT molecular complexity index is 908. The average Bonchev–Trinajstić information content (AvgIpc) is 3.04. The van der Waals surface area contributed by atoms with Gasteiger partial charge in [-0.3, -0.25) is 14.5 Å². The number of likely N-dealkylation sites (N-methyl/N-ethyl adjacent to an activating group) is 1. The topological polar surface area (TPSA) is 59.5 Å². The van der Waals surface area contributed by atoms with Crippen LogP contribution in [0.1, 0.15) is 12.5 Å². The number of carbonyl (C=O) groups is 2. The van der Waals surface area contributed by atoms with Crippen LogP contribution in [0.5, 0.6) is 0 Å². The summed E-state index contributed by atoms with van der Waals surface area (Å²) in [4.78, 5) is 30.2. The molecule has 0 spiro atoms. The zero-order chi connectivity index (χ0) is 18.5. The lowest BCUT2D eigenvalue weighted by atomic mass is 10.1. The largest absolute Gasteiger partial charge is 0.455 e. The molecular weight excluding hydrogens is 355 g/mol. The summed E-state index contributed by atoms with van der Waals surface area (Å²) in [5.41, 5.74) is 1.32. The Morgan fingerprint density at radius 3 is 2.73 bits per heavy atom. The van der Waals surface area contributed by atoms with Crippen molar-refractivity contribution >= 4 is 38.6 Å². The van der Waals surface area contributed by atoms with Crippen molar-refractivity contribution in [3.63, 3.8) is 0 Å². The van der Waals surface area contributed by atoms with Crippen LogP contribution in [-0.2, 0) is 20.7 Å². The van der Waals surface area contributed by atoms with Crippen molar-refractivity contribution in [1.29, 1.82) is 0 Å². The van der Waals surface area contributed by atoms with Gasteiger partial charge in [0.05, 0.1) is 16.6 Å². The maximum atomic E-state index is 13.1. The van der Waals surface area contributed by atoms with E-state index in [0.717, 1.165) is 10.2 Å². The summed E-state index contributed by atoms with van der Waals surface area (Å²) in [6.45, 7) is 1.87. The standard InChI is InChI=1S/C19H17FN2O3S/c1-2-22(19-21-15-8-3-4-9-16(15)26-19)17(23)12-25-18(24)11-13-6-5-7-14(20)10-13/h3-10H,2,11-12H2,1H3. The number of esters is 1. The van der Waals surface area contributed by atoms with Crippen LogP contribution in [0.3, 0.4) is 0 Å². The fourth-order valence-corrected chi connectivity index (χ4v) is 3.53. The highest BCUT2D eigenvalue weighted by atomic mass is 32.1. The van der Waals surface area contributed by atoms with Crippen molar-refractivity contribution in [2.45, 2.75) is 13.3 Å². The van der Waals surface area contributed by atoms with Gasteiger partial charge in [-0.1, -0.05) is 35.6 Å². The Kier molecular flexibility index (Phi) is 5.58. The van der Waals surface area contributed by atoms with E-state index in [1.54, 1.807) is 6.07 Å². The quantitative estimate of drug-likeness (QED) is 0.621. The number of nitrogens with zero attached hydrogens (tertiary/aromatic N) is 2. The van der Waals surface area contributed by atoms with Crippen LogP contribution >= 0.6 is 11.3 Å². The smallest absolute Gasteiger partial charge is 0.310 e. The van der Waals surface area contributed by atoms with Crippen LogP contribution in [0.15, 0.2) is 48.5 Å². The van der Waals surface area contributed by atoms with Gasteiger partial charge in [0.25, 0.3) is 5.91 Å². The molecule has 26 heavy (non-hydrogen) atoms. The lowest BCUT2D eigenvalue weighted by Crippen LogP contribution is -2.34. The average molecular weight is 372 g/mol. The van der Waals surface area contributed by atoms with Crippen molar-refractivity contribution in [3.8, 4) is 0 Å². The number of halogens is 1. The second-order valence-electron chi connectivity index (χ2n) is 5.57. The maximum Gasteiger partial charge on any atom is 0.310 e. The molecule has 0 saturated heterocycles. The number of thiazole rings is 1. The molecule has 0 saturated carbocycles. The molecule has 5 nitrogen and oxygen atoms in total. The van der Waals surface area contributed by atoms with Gasteiger partial charge in [-0.15, -0.1) is 0 Å². The summed E-state index contributed by atoms with van der Waals surface area (Å²) >= 11 is 1.41. The van der Waals surface area contributed by atoms with Gasteiger partial charge in [-0.2, -0.15) is 0 Å². The van der Waals surface area contributed by atoms with E-state index >= 15 is 0 Å². The van der Waals surface area contributed by atoms with Gasteiger partial charge in [-0.25, -0.2) is 9.37 Å². The maximum absolute atomic E-state index is 13.1. The van der Waals surface area contributed by atoms with Gasteiger partial charge in [0.15, 0.2) is 11.7 Å². The molecule has 0 bridgehead atoms. The summed E-state index contributed by atoms with van der Waals surface area (Å²) < 4.78 is 19.2. The Labute approximate surface area is 154 Å². The van der Waals surface area contributed by atoms with E-state index in [1.165, 1.54) is 34.4 Å². The highest BCUT2D eigenvalue weighted by Gasteiger charge is 2.19. The minimum Gasteiger partial charge on any atom is -0.455 e. The molecule has 0 N–H and O–H groups in total. The number of rotatable bonds is 6. The van der Waals surface area contributed by atoms with Gasteiger partial charge in [-0.05, 0) is 36.8 Å². The third-order valence-electron chi connectivity index (χ3n) is 3.72. The molecule has 0 unspecified atom stereocenters. The molecule has 1 heterocycles. The molecule has 1 aromatic heterocycles. The summed E-state index contributed by atoms with van der Waals surface area (Å²) in [5.74, 6) is -1.34. The Morgan fingerprint density at radius 1 is 1.19 bits per heavy atom. The number of para-hydroxylation sites is 1. The number of hydrogen-bond acceptors (Lipinski definition) is 5. The fourth-order valence-electron chi connectivity index (χ4n) is 2.48. The SMILES string of the molecule is CCN(C(=O)COC(=O)Cc1cccc(F)c1)c1nc2ccccc2s1. The van der Waals surface area contributed by atoms with E-state index < -0.39 is 11.8 Å². The third-order valence-corrected chi connectivity index (χ3v) is 4.78. The highest BCUT2D eigenvalue weighted by molar-refractivity contribution is 7.22. The number of hydrogen-bond donors (Lipinski definition) is 0. The number of amides is 1. The number of aromatic nitrogens is 1. The predicted molar refractivity (Wildman–Crippen MR) is 98.7 cm³/mol. The Balaban J connectivity index is 1.61. The summed E-state index contributed by atoms with van der Waals surface area (Å²) in [6, 6.07) is 13.3. The van der Waals surface area contributed by atoms with Crippen molar-refractivity contribution in [2.24, 2.45) is 0 Å². The Morgan fingerprint density at radius 2 is 2.00 bits per heavy atom. The summed E-state index contributed by atoms with van der Waals surface area (Å²) in [7, 11) is 0. The lowest BCUT2D eigenvalue weighted by Gasteiger charge is -2.17. The molecule has 134 valence electrons.